The Morgan fingerprint density at radius 3 is 2.62 bits per heavy atom. The molecule has 0 aliphatic heterocycles. The quantitative estimate of drug-likeness (QED) is 0.650. The fourth-order valence-electron chi connectivity index (χ4n) is 3.22. The third-order valence-corrected chi connectivity index (χ3v) is 5.97. The Hall–Kier alpha value is -1.74. The van der Waals surface area contributed by atoms with Gasteiger partial charge in [0, 0.05) is 18.3 Å². The van der Waals surface area contributed by atoms with Gasteiger partial charge in [0.05, 0.1) is 25.9 Å². The molecule has 1 aliphatic rings. The van der Waals surface area contributed by atoms with Gasteiger partial charge >= 0.3 is 0 Å². The van der Waals surface area contributed by atoms with Gasteiger partial charge in [0.1, 0.15) is 10.6 Å². The summed E-state index contributed by atoms with van der Waals surface area (Å²) >= 11 is 0. The predicted molar refractivity (Wildman–Crippen MR) is 98.3 cm³/mol. The summed E-state index contributed by atoms with van der Waals surface area (Å²) < 4.78 is 35.1. The highest BCUT2D eigenvalue weighted by Crippen LogP contribution is 2.33. The van der Waals surface area contributed by atoms with Gasteiger partial charge < -0.3 is 9.84 Å². The Morgan fingerprint density at radius 2 is 1.92 bits per heavy atom. The summed E-state index contributed by atoms with van der Waals surface area (Å²) in [6.07, 6.45) is 5.99. The van der Waals surface area contributed by atoms with Crippen molar-refractivity contribution in [1.82, 2.24) is 14.5 Å². The number of nitrogens with zero attached hydrogens (tertiary/aromatic N) is 2. The van der Waals surface area contributed by atoms with E-state index in [2.05, 4.69) is 9.82 Å². The summed E-state index contributed by atoms with van der Waals surface area (Å²) in [4.78, 5) is 0.192. The van der Waals surface area contributed by atoms with Crippen LogP contribution in [0.4, 0.5) is 0 Å². The Bertz CT molecular complexity index is 799. The van der Waals surface area contributed by atoms with E-state index in [9.17, 15) is 8.42 Å². The monoisotopic (exact) mass is 379 g/mol. The number of sulfonamides is 1. The number of aliphatic hydroxyl groups excluding tert-OH is 1. The first-order valence-corrected chi connectivity index (χ1v) is 10.4. The molecule has 1 heterocycles. The maximum Gasteiger partial charge on any atom is 0.244 e. The van der Waals surface area contributed by atoms with E-state index >= 15 is 0 Å². The van der Waals surface area contributed by atoms with Crippen molar-refractivity contribution in [1.29, 1.82) is 0 Å². The summed E-state index contributed by atoms with van der Waals surface area (Å²) in [5.74, 6) is 0. The van der Waals surface area contributed by atoms with Gasteiger partial charge in [0.25, 0.3) is 0 Å². The topological polar surface area (TPSA) is 93.5 Å². The average molecular weight is 379 g/mol. The van der Waals surface area contributed by atoms with Crippen LogP contribution < -0.4 is 4.72 Å². The minimum atomic E-state index is -3.71. The van der Waals surface area contributed by atoms with Gasteiger partial charge in [-0.15, -0.1) is 0 Å². The van der Waals surface area contributed by atoms with Crippen molar-refractivity contribution < 1.29 is 18.3 Å². The van der Waals surface area contributed by atoms with Crippen molar-refractivity contribution >= 4 is 10.0 Å². The molecular weight excluding hydrogens is 354 g/mol. The average Bonchev–Trinajstić information content (AvgIpc) is 3.32. The number of aliphatic hydroxyl groups is 1. The van der Waals surface area contributed by atoms with Gasteiger partial charge in [-0.2, -0.15) is 5.10 Å². The standard InChI is InChI=1S/C18H25N3O4S/c22-11-13-25-12-10-19-26(23,24)17-14-21(16-8-4-5-9-16)20-18(17)15-6-2-1-3-7-15/h1-3,6-7,14,16,19,22H,4-5,8-13H2. The highest BCUT2D eigenvalue weighted by Gasteiger charge is 2.26. The molecule has 0 atom stereocenters. The van der Waals surface area contributed by atoms with Gasteiger partial charge in [-0.3, -0.25) is 4.68 Å². The Kier molecular flexibility index (Phi) is 6.42. The molecule has 1 aliphatic carbocycles. The molecule has 0 radical (unpaired) electrons. The molecule has 8 heteroatoms. The lowest BCUT2D eigenvalue weighted by atomic mass is 10.2. The molecule has 142 valence electrons. The summed E-state index contributed by atoms with van der Waals surface area (Å²) in [6, 6.07) is 9.62. The lowest BCUT2D eigenvalue weighted by molar-refractivity contribution is 0.0961. The van der Waals surface area contributed by atoms with Gasteiger partial charge in [0.15, 0.2) is 0 Å². The number of ether oxygens (including phenoxy) is 1. The lowest BCUT2D eigenvalue weighted by Gasteiger charge is -2.08. The molecular formula is C18H25N3O4S. The van der Waals surface area contributed by atoms with Crippen LogP contribution in [0, 0.1) is 0 Å². The Labute approximate surface area is 154 Å². The van der Waals surface area contributed by atoms with Crippen LogP contribution in [0.15, 0.2) is 41.4 Å². The fourth-order valence-corrected chi connectivity index (χ4v) is 4.38. The van der Waals surface area contributed by atoms with Gasteiger partial charge in [-0.1, -0.05) is 43.2 Å². The highest BCUT2D eigenvalue weighted by molar-refractivity contribution is 7.89. The first kappa shape index (κ1) is 19.0. The first-order valence-electron chi connectivity index (χ1n) is 8.94. The molecule has 0 bridgehead atoms. The minimum absolute atomic E-state index is 0.0843. The normalized spacial score (nSPS) is 15.6. The third kappa shape index (κ3) is 4.50. The third-order valence-electron chi connectivity index (χ3n) is 4.51. The number of nitrogens with one attached hydrogen (secondary N) is 1. The van der Waals surface area contributed by atoms with Crippen LogP contribution in [-0.4, -0.2) is 49.7 Å². The van der Waals surface area contributed by atoms with E-state index in [0.717, 1.165) is 31.2 Å². The molecule has 7 nitrogen and oxygen atoms in total. The summed E-state index contributed by atoms with van der Waals surface area (Å²) in [5, 5.41) is 13.3. The number of hydrogen-bond acceptors (Lipinski definition) is 5. The summed E-state index contributed by atoms with van der Waals surface area (Å²) in [5.41, 5.74) is 1.25. The first-order chi connectivity index (χ1) is 12.6. The van der Waals surface area contributed by atoms with Crippen LogP contribution in [0.1, 0.15) is 31.7 Å². The van der Waals surface area contributed by atoms with E-state index in [-0.39, 0.29) is 37.3 Å². The molecule has 26 heavy (non-hydrogen) atoms. The maximum atomic E-state index is 12.8. The van der Waals surface area contributed by atoms with Crippen LogP contribution in [0.2, 0.25) is 0 Å². The fraction of sp³-hybridized carbons (Fsp3) is 0.500. The lowest BCUT2D eigenvalue weighted by Crippen LogP contribution is -2.28. The van der Waals surface area contributed by atoms with Crippen molar-refractivity contribution in [3.63, 3.8) is 0 Å². The van der Waals surface area contributed by atoms with Crippen LogP contribution in [-0.2, 0) is 14.8 Å². The molecule has 1 fully saturated rings. The highest BCUT2D eigenvalue weighted by atomic mass is 32.2. The maximum absolute atomic E-state index is 12.8. The van der Waals surface area contributed by atoms with Crippen LogP contribution in [0.25, 0.3) is 11.3 Å². The van der Waals surface area contributed by atoms with Crippen molar-refractivity contribution in [3.8, 4) is 11.3 Å². The molecule has 1 aromatic heterocycles. The number of hydrogen-bond donors (Lipinski definition) is 2. The van der Waals surface area contributed by atoms with Crippen molar-refractivity contribution in [2.24, 2.45) is 0 Å². The molecule has 2 N–H and O–H groups in total. The molecule has 0 amide bonds. The van der Waals surface area contributed by atoms with Gasteiger partial charge in [-0.25, -0.2) is 13.1 Å². The molecule has 1 aromatic carbocycles. The summed E-state index contributed by atoms with van der Waals surface area (Å²) in [6.45, 7) is 0.456. The molecule has 3 rings (SSSR count). The van der Waals surface area contributed by atoms with Crippen molar-refractivity contribution in [2.75, 3.05) is 26.4 Å². The molecule has 0 unspecified atom stereocenters. The van der Waals surface area contributed by atoms with Crippen LogP contribution in [0.5, 0.6) is 0 Å². The van der Waals surface area contributed by atoms with E-state index < -0.39 is 10.0 Å². The Balaban J connectivity index is 1.86. The predicted octanol–water partition coefficient (Wildman–Crippen LogP) is 1.95. The summed E-state index contributed by atoms with van der Waals surface area (Å²) in [7, 11) is -3.71. The zero-order valence-electron chi connectivity index (χ0n) is 14.7. The van der Waals surface area contributed by atoms with Crippen LogP contribution in [0.3, 0.4) is 0 Å². The van der Waals surface area contributed by atoms with E-state index in [1.54, 1.807) is 6.20 Å². The largest absolute Gasteiger partial charge is 0.394 e. The Morgan fingerprint density at radius 1 is 1.19 bits per heavy atom. The second-order valence-corrected chi connectivity index (χ2v) is 8.10. The van der Waals surface area contributed by atoms with E-state index in [0.29, 0.717) is 5.69 Å². The zero-order chi connectivity index (χ0) is 18.4. The molecule has 0 saturated heterocycles. The zero-order valence-corrected chi connectivity index (χ0v) is 15.5. The van der Waals surface area contributed by atoms with E-state index in [1.165, 1.54) is 0 Å². The molecule has 2 aromatic rings. The second kappa shape index (κ2) is 8.77. The SMILES string of the molecule is O=S(=O)(NCCOCCO)c1cn(C2CCCC2)nc1-c1ccccc1. The number of benzene rings is 1. The van der Waals surface area contributed by atoms with Gasteiger partial charge in [0.2, 0.25) is 10.0 Å². The second-order valence-electron chi connectivity index (χ2n) is 6.36. The smallest absolute Gasteiger partial charge is 0.244 e. The molecule has 0 spiro atoms. The van der Waals surface area contributed by atoms with Crippen LogP contribution >= 0.6 is 0 Å². The van der Waals surface area contributed by atoms with E-state index in [1.807, 2.05) is 35.0 Å². The van der Waals surface area contributed by atoms with Crippen molar-refractivity contribution in [3.05, 3.63) is 36.5 Å². The number of rotatable bonds is 9. The van der Waals surface area contributed by atoms with Crippen molar-refractivity contribution in [2.45, 2.75) is 36.6 Å². The van der Waals surface area contributed by atoms with Gasteiger partial charge in [-0.05, 0) is 12.8 Å². The minimum Gasteiger partial charge on any atom is -0.394 e. The number of aromatic nitrogens is 2. The van der Waals surface area contributed by atoms with E-state index in [4.69, 9.17) is 9.84 Å². The molecule has 1 saturated carbocycles.